The molecule has 0 atom stereocenters. The minimum Gasteiger partial charge on any atom is -0.378 e. The van der Waals surface area contributed by atoms with Gasteiger partial charge >= 0.3 is 0 Å². The number of halogens is 1. The van der Waals surface area contributed by atoms with Gasteiger partial charge in [-0.3, -0.25) is 0 Å². The van der Waals surface area contributed by atoms with Gasteiger partial charge in [0, 0.05) is 24.3 Å². The second kappa shape index (κ2) is 4.05. The van der Waals surface area contributed by atoms with Gasteiger partial charge in [0.15, 0.2) is 0 Å². The predicted molar refractivity (Wildman–Crippen MR) is 61.3 cm³/mol. The third-order valence-electron chi connectivity index (χ3n) is 2.62. The smallest absolute Gasteiger partial charge is 0.0406 e. The predicted octanol–water partition coefficient (Wildman–Crippen LogP) is 3.41. The second-order valence-electron chi connectivity index (χ2n) is 3.71. The third kappa shape index (κ3) is 2.10. The van der Waals surface area contributed by atoms with Crippen LogP contribution in [0.15, 0.2) is 30.0 Å². The Bertz CT molecular complexity index is 340. The van der Waals surface area contributed by atoms with Crippen molar-refractivity contribution in [3.8, 4) is 0 Å². The van der Waals surface area contributed by atoms with Gasteiger partial charge in [-0.15, -0.1) is 0 Å². The summed E-state index contributed by atoms with van der Waals surface area (Å²) in [5.74, 6) is 0. The lowest BCUT2D eigenvalue weighted by Crippen LogP contribution is -2.09. The summed E-state index contributed by atoms with van der Waals surface area (Å²) in [6.45, 7) is 1.18. The quantitative estimate of drug-likeness (QED) is 0.682. The number of allylic oxidation sites excluding steroid dienone is 1. The standard InChI is InChI=1S/C12H14ClN/c1-14-8-2-3-12(14)9-10-4-6-11(13)7-5-10/h4-7,9H,2-3,8H2,1H3/b12-9-. The van der Waals surface area contributed by atoms with Crippen molar-refractivity contribution in [2.24, 2.45) is 0 Å². The minimum atomic E-state index is 0.798. The maximum atomic E-state index is 5.83. The fraction of sp³-hybridized carbons (Fsp3) is 0.333. The normalized spacial score (nSPS) is 19.3. The first-order chi connectivity index (χ1) is 6.75. The first kappa shape index (κ1) is 9.60. The molecule has 1 heterocycles. The number of nitrogens with zero attached hydrogens (tertiary/aromatic N) is 1. The van der Waals surface area contributed by atoms with Crippen molar-refractivity contribution in [2.75, 3.05) is 13.6 Å². The number of likely N-dealkylation sites (tertiary alicyclic amines) is 1. The molecule has 1 aromatic carbocycles. The molecule has 0 bridgehead atoms. The highest BCUT2D eigenvalue weighted by atomic mass is 35.5. The second-order valence-corrected chi connectivity index (χ2v) is 4.15. The Morgan fingerprint density at radius 1 is 1.29 bits per heavy atom. The Balaban J connectivity index is 2.20. The van der Waals surface area contributed by atoms with E-state index in [2.05, 4.69) is 30.2 Å². The van der Waals surface area contributed by atoms with Crippen molar-refractivity contribution in [1.29, 1.82) is 0 Å². The van der Waals surface area contributed by atoms with E-state index < -0.39 is 0 Å². The topological polar surface area (TPSA) is 3.24 Å². The lowest BCUT2D eigenvalue weighted by atomic mass is 10.2. The summed E-state index contributed by atoms with van der Waals surface area (Å²) in [6, 6.07) is 7.98. The van der Waals surface area contributed by atoms with Gasteiger partial charge in [-0.25, -0.2) is 0 Å². The molecule has 1 aliphatic heterocycles. The molecule has 14 heavy (non-hydrogen) atoms. The average Bonchev–Trinajstić information content (AvgIpc) is 2.56. The first-order valence-corrected chi connectivity index (χ1v) is 5.31. The molecule has 0 amide bonds. The highest BCUT2D eigenvalue weighted by Crippen LogP contribution is 2.22. The lowest BCUT2D eigenvalue weighted by molar-refractivity contribution is 0.484. The molecule has 74 valence electrons. The van der Waals surface area contributed by atoms with Crippen molar-refractivity contribution in [1.82, 2.24) is 4.90 Å². The highest BCUT2D eigenvalue weighted by molar-refractivity contribution is 6.30. The van der Waals surface area contributed by atoms with E-state index in [4.69, 9.17) is 11.6 Å². The monoisotopic (exact) mass is 207 g/mol. The summed E-state index contributed by atoms with van der Waals surface area (Å²) >= 11 is 5.83. The zero-order valence-corrected chi connectivity index (χ0v) is 9.09. The summed E-state index contributed by atoms with van der Waals surface area (Å²) in [4.78, 5) is 2.31. The fourth-order valence-electron chi connectivity index (χ4n) is 1.77. The molecule has 0 aliphatic carbocycles. The lowest BCUT2D eigenvalue weighted by Gasteiger charge is -2.12. The van der Waals surface area contributed by atoms with Gasteiger partial charge in [-0.2, -0.15) is 0 Å². The molecule has 0 saturated carbocycles. The fourth-order valence-corrected chi connectivity index (χ4v) is 1.89. The van der Waals surface area contributed by atoms with E-state index in [9.17, 15) is 0 Å². The molecular weight excluding hydrogens is 194 g/mol. The summed E-state index contributed by atoms with van der Waals surface area (Å²) in [7, 11) is 2.15. The maximum absolute atomic E-state index is 5.83. The Morgan fingerprint density at radius 3 is 2.57 bits per heavy atom. The Kier molecular flexibility index (Phi) is 2.78. The Morgan fingerprint density at radius 2 is 2.00 bits per heavy atom. The van der Waals surface area contributed by atoms with Crippen LogP contribution >= 0.6 is 11.6 Å². The van der Waals surface area contributed by atoms with Crippen LogP contribution in [0.1, 0.15) is 18.4 Å². The van der Waals surface area contributed by atoms with E-state index >= 15 is 0 Å². The van der Waals surface area contributed by atoms with Gasteiger partial charge < -0.3 is 4.90 Å². The van der Waals surface area contributed by atoms with Gasteiger partial charge in [-0.1, -0.05) is 23.7 Å². The molecule has 1 aromatic rings. The largest absolute Gasteiger partial charge is 0.378 e. The minimum absolute atomic E-state index is 0.798. The summed E-state index contributed by atoms with van der Waals surface area (Å²) in [5, 5.41) is 0.798. The number of benzene rings is 1. The van der Waals surface area contributed by atoms with E-state index in [0.717, 1.165) is 5.02 Å². The molecule has 0 N–H and O–H groups in total. The summed E-state index contributed by atoms with van der Waals surface area (Å²) in [6.07, 6.45) is 4.71. The van der Waals surface area contributed by atoms with E-state index in [0.29, 0.717) is 0 Å². The van der Waals surface area contributed by atoms with E-state index in [1.807, 2.05) is 12.1 Å². The van der Waals surface area contributed by atoms with Crippen LogP contribution in [0.4, 0.5) is 0 Å². The molecule has 0 unspecified atom stereocenters. The van der Waals surface area contributed by atoms with Gasteiger partial charge in [0.05, 0.1) is 0 Å². The van der Waals surface area contributed by atoms with Crippen LogP contribution in [0.25, 0.3) is 6.08 Å². The van der Waals surface area contributed by atoms with Gasteiger partial charge in [-0.05, 0) is 36.6 Å². The number of rotatable bonds is 1. The molecule has 2 rings (SSSR count). The van der Waals surface area contributed by atoms with E-state index in [1.54, 1.807) is 0 Å². The van der Waals surface area contributed by atoms with E-state index in [1.165, 1.54) is 30.6 Å². The molecule has 2 heteroatoms. The van der Waals surface area contributed by atoms with Crippen molar-refractivity contribution < 1.29 is 0 Å². The van der Waals surface area contributed by atoms with Crippen molar-refractivity contribution in [2.45, 2.75) is 12.8 Å². The Labute approximate surface area is 90.0 Å². The molecular formula is C12H14ClN. The summed E-state index contributed by atoms with van der Waals surface area (Å²) in [5.41, 5.74) is 2.66. The zero-order chi connectivity index (χ0) is 9.97. The van der Waals surface area contributed by atoms with Crippen molar-refractivity contribution in [3.05, 3.63) is 40.5 Å². The molecule has 1 saturated heterocycles. The average molecular weight is 208 g/mol. The van der Waals surface area contributed by atoms with Crippen molar-refractivity contribution in [3.63, 3.8) is 0 Å². The van der Waals surface area contributed by atoms with Gasteiger partial charge in [0.2, 0.25) is 0 Å². The van der Waals surface area contributed by atoms with Gasteiger partial charge in [0.25, 0.3) is 0 Å². The van der Waals surface area contributed by atoms with Gasteiger partial charge in [0.1, 0.15) is 0 Å². The SMILES string of the molecule is CN1CCC/C1=C/c1ccc(Cl)cc1. The maximum Gasteiger partial charge on any atom is 0.0406 e. The first-order valence-electron chi connectivity index (χ1n) is 4.93. The Hall–Kier alpha value is -0.950. The molecule has 1 nitrogen and oxygen atoms in total. The van der Waals surface area contributed by atoms with Crippen LogP contribution in [0.2, 0.25) is 5.02 Å². The number of hydrogen-bond acceptors (Lipinski definition) is 1. The molecule has 1 aliphatic rings. The highest BCUT2D eigenvalue weighted by Gasteiger charge is 2.11. The van der Waals surface area contributed by atoms with Crippen molar-refractivity contribution >= 4 is 17.7 Å². The van der Waals surface area contributed by atoms with Crippen LogP contribution in [0.5, 0.6) is 0 Å². The van der Waals surface area contributed by atoms with Crippen LogP contribution in [0.3, 0.4) is 0 Å². The third-order valence-corrected chi connectivity index (χ3v) is 2.87. The molecule has 1 fully saturated rings. The van der Waals surface area contributed by atoms with Crippen LogP contribution < -0.4 is 0 Å². The van der Waals surface area contributed by atoms with Crippen LogP contribution in [0, 0.1) is 0 Å². The van der Waals surface area contributed by atoms with Crippen LogP contribution in [-0.4, -0.2) is 18.5 Å². The number of hydrogen-bond donors (Lipinski definition) is 0. The zero-order valence-electron chi connectivity index (χ0n) is 8.33. The molecule has 0 spiro atoms. The molecule has 0 radical (unpaired) electrons. The van der Waals surface area contributed by atoms with E-state index in [-0.39, 0.29) is 0 Å². The van der Waals surface area contributed by atoms with Crippen LogP contribution in [-0.2, 0) is 0 Å². The molecule has 0 aromatic heterocycles. The summed E-state index contributed by atoms with van der Waals surface area (Å²) < 4.78 is 0.